The minimum absolute atomic E-state index is 0.434. The Morgan fingerprint density at radius 1 is 1.29 bits per heavy atom. The van der Waals surface area contributed by atoms with Gasteiger partial charge in [0.25, 0.3) is 0 Å². The second-order valence-corrected chi connectivity index (χ2v) is 4.31. The number of hydrogen-bond acceptors (Lipinski definition) is 4. The molecule has 0 aliphatic carbocycles. The Labute approximate surface area is 107 Å². The number of nitrogens with zero attached hydrogens (tertiary/aromatic N) is 2. The molecule has 0 aliphatic rings. The van der Waals surface area contributed by atoms with E-state index in [1.54, 1.807) is 24.4 Å². The first kappa shape index (κ1) is 11.4. The Hall–Kier alpha value is -2.06. The molecule has 1 aromatic carbocycles. The highest BCUT2D eigenvalue weighted by Crippen LogP contribution is 2.24. The van der Waals surface area contributed by atoms with Gasteiger partial charge < -0.3 is 11.1 Å². The highest BCUT2D eigenvalue weighted by atomic mass is 79.9. The smallest absolute Gasteiger partial charge is 0.125 e. The molecule has 0 radical (unpaired) electrons. The number of nitrogens with one attached hydrogen (secondary N) is 1. The highest BCUT2D eigenvalue weighted by Gasteiger charge is 2.03. The van der Waals surface area contributed by atoms with E-state index in [9.17, 15) is 0 Å². The molecular formula is C12H9BrN4. The number of aromatic nitrogens is 1. The van der Waals surface area contributed by atoms with E-state index in [1.807, 2.05) is 12.1 Å². The molecule has 1 heterocycles. The third kappa shape index (κ3) is 2.74. The maximum absolute atomic E-state index is 9.00. The first-order chi connectivity index (χ1) is 8.19. The zero-order valence-corrected chi connectivity index (χ0v) is 10.4. The van der Waals surface area contributed by atoms with Crippen LogP contribution in [0.5, 0.6) is 0 Å². The fourth-order valence-corrected chi connectivity index (χ4v) is 1.76. The molecule has 1 aromatic heterocycles. The summed E-state index contributed by atoms with van der Waals surface area (Å²) in [6, 6.07) is 11.0. The molecule has 4 nitrogen and oxygen atoms in total. The van der Waals surface area contributed by atoms with Crippen LogP contribution in [0.25, 0.3) is 0 Å². The van der Waals surface area contributed by atoms with Gasteiger partial charge in [-0.05, 0) is 24.3 Å². The van der Waals surface area contributed by atoms with Crippen molar-refractivity contribution in [2.45, 2.75) is 0 Å². The number of halogens is 1. The standard InChI is InChI=1S/C12H9BrN4/c13-9-2-1-8(7-14)11(5-9)17-10-3-4-16-12(15)6-10/h1-6H,(H3,15,16,17). The molecule has 2 aromatic rings. The van der Waals surface area contributed by atoms with Crippen LogP contribution in [0.15, 0.2) is 41.0 Å². The van der Waals surface area contributed by atoms with Crippen LogP contribution in [0.1, 0.15) is 5.56 Å². The predicted molar refractivity (Wildman–Crippen MR) is 70.8 cm³/mol. The lowest BCUT2D eigenvalue weighted by molar-refractivity contribution is 1.33. The average molecular weight is 289 g/mol. The van der Waals surface area contributed by atoms with Crippen molar-refractivity contribution in [3.05, 3.63) is 46.6 Å². The minimum Gasteiger partial charge on any atom is -0.384 e. The van der Waals surface area contributed by atoms with E-state index >= 15 is 0 Å². The van der Waals surface area contributed by atoms with Gasteiger partial charge in [-0.2, -0.15) is 5.26 Å². The van der Waals surface area contributed by atoms with Crippen LogP contribution in [0.2, 0.25) is 0 Å². The summed E-state index contributed by atoms with van der Waals surface area (Å²) in [5.41, 5.74) is 7.69. The molecule has 0 unspecified atom stereocenters. The van der Waals surface area contributed by atoms with Gasteiger partial charge in [0.05, 0.1) is 11.3 Å². The molecular weight excluding hydrogens is 280 g/mol. The summed E-state index contributed by atoms with van der Waals surface area (Å²) in [4.78, 5) is 3.91. The molecule has 0 saturated carbocycles. The minimum atomic E-state index is 0.434. The number of rotatable bonds is 2. The third-order valence-corrected chi connectivity index (χ3v) is 2.66. The van der Waals surface area contributed by atoms with Crippen molar-refractivity contribution >= 4 is 33.1 Å². The first-order valence-corrected chi connectivity index (χ1v) is 5.66. The van der Waals surface area contributed by atoms with Crippen LogP contribution in [0, 0.1) is 11.3 Å². The highest BCUT2D eigenvalue weighted by molar-refractivity contribution is 9.10. The summed E-state index contributed by atoms with van der Waals surface area (Å²) in [7, 11) is 0. The summed E-state index contributed by atoms with van der Waals surface area (Å²) in [5.74, 6) is 0.434. The van der Waals surface area contributed by atoms with Gasteiger partial charge in [0, 0.05) is 22.4 Å². The zero-order chi connectivity index (χ0) is 12.3. The lowest BCUT2D eigenvalue weighted by Gasteiger charge is -2.08. The fraction of sp³-hybridized carbons (Fsp3) is 0. The van der Waals surface area contributed by atoms with Gasteiger partial charge in [-0.1, -0.05) is 15.9 Å². The molecule has 0 amide bonds. The van der Waals surface area contributed by atoms with Gasteiger partial charge in [0.15, 0.2) is 0 Å². The van der Waals surface area contributed by atoms with Gasteiger partial charge in [0.1, 0.15) is 11.9 Å². The molecule has 17 heavy (non-hydrogen) atoms. The van der Waals surface area contributed by atoms with Crippen molar-refractivity contribution in [3.63, 3.8) is 0 Å². The van der Waals surface area contributed by atoms with Crippen molar-refractivity contribution in [3.8, 4) is 6.07 Å². The topological polar surface area (TPSA) is 74.7 Å². The second kappa shape index (κ2) is 4.85. The number of hydrogen-bond donors (Lipinski definition) is 2. The van der Waals surface area contributed by atoms with Crippen molar-refractivity contribution in [1.29, 1.82) is 5.26 Å². The molecule has 0 aliphatic heterocycles. The first-order valence-electron chi connectivity index (χ1n) is 4.87. The third-order valence-electron chi connectivity index (χ3n) is 2.16. The van der Waals surface area contributed by atoms with E-state index in [0.717, 1.165) is 15.8 Å². The number of nitrogen functional groups attached to an aromatic ring is 1. The number of nitrogens with two attached hydrogens (primary N) is 1. The van der Waals surface area contributed by atoms with Gasteiger partial charge in [-0.25, -0.2) is 4.98 Å². The summed E-state index contributed by atoms with van der Waals surface area (Å²) in [6.07, 6.45) is 1.61. The zero-order valence-electron chi connectivity index (χ0n) is 8.81. The SMILES string of the molecule is N#Cc1ccc(Br)cc1Nc1ccnc(N)c1. The number of pyridine rings is 1. The Bertz CT molecular complexity index is 589. The van der Waals surface area contributed by atoms with Gasteiger partial charge in [-0.15, -0.1) is 0 Å². The predicted octanol–water partition coefficient (Wildman–Crippen LogP) is 3.04. The largest absolute Gasteiger partial charge is 0.384 e. The Morgan fingerprint density at radius 2 is 2.12 bits per heavy atom. The lowest BCUT2D eigenvalue weighted by atomic mass is 10.2. The summed E-state index contributed by atoms with van der Waals surface area (Å²) >= 11 is 3.37. The van der Waals surface area contributed by atoms with Crippen LogP contribution >= 0.6 is 15.9 Å². The van der Waals surface area contributed by atoms with Crippen molar-refractivity contribution in [2.24, 2.45) is 0 Å². The maximum atomic E-state index is 9.00. The number of nitriles is 1. The van der Waals surface area contributed by atoms with Crippen LogP contribution < -0.4 is 11.1 Å². The molecule has 0 atom stereocenters. The van der Waals surface area contributed by atoms with E-state index in [4.69, 9.17) is 11.0 Å². The Kier molecular flexibility index (Phi) is 3.26. The monoisotopic (exact) mass is 288 g/mol. The van der Waals surface area contributed by atoms with E-state index in [-0.39, 0.29) is 0 Å². The van der Waals surface area contributed by atoms with Crippen LogP contribution in [0.3, 0.4) is 0 Å². The maximum Gasteiger partial charge on any atom is 0.125 e. The van der Waals surface area contributed by atoms with Crippen LogP contribution in [0.4, 0.5) is 17.2 Å². The van der Waals surface area contributed by atoms with E-state index < -0.39 is 0 Å². The van der Waals surface area contributed by atoms with Crippen molar-refractivity contribution in [1.82, 2.24) is 4.98 Å². The molecule has 84 valence electrons. The molecule has 5 heteroatoms. The van der Waals surface area contributed by atoms with E-state index in [1.165, 1.54) is 0 Å². The average Bonchev–Trinajstić information content (AvgIpc) is 2.29. The molecule has 3 N–H and O–H groups in total. The molecule has 0 spiro atoms. The molecule has 0 saturated heterocycles. The van der Waals surface area contributed by atoms with Crippen LogP contribution in [-0.4, -0.2) is 4.98 Å². The fourth-order valence-electron chi connectivity index (χ4n) is 1.40. The number of benzene rings is 1. The lowest BCUT2D eigenvalue weighted by Crippen LogP contribution is -1.96. The van der Waals surface area contributed by atoms with Crippen molar-refractivity contribution < 1.29 is 0 Å². The van der Waals surface area contributed by atoms with Gasteiger partial charge >= 0.3 is 0 Å². The normalized spacial score (nSPS) is 9.65. The molecule has 0 bridgehead atoms. The quantitative estimate of drug-likeness (QED) is 0.891. The van der Waals surface area contributed by atoms with E-state index in [0.29, 0.717) is 11.4 Å². The summed E-state index contributed by atoms with van der Waals surface area (Å²) in [5, 5.41) is 12.1. The van der Waals surface area contributed by atoms with Crippen LogP contribution in [-0.2, 0) is 0 Å². The second-order valence-electron chi connectivity index (χ2n) is 3.40. The summed E-state index contributed by atoms with van der Waals surface area (Å²) < 4.78 is 0.904. The van der Waals surface area contributed by atoms with Crippen molar-refractivity contribution in [2.75, 3.05) is 11.1 Å². The van der Waals surface area contributed by atoms with Gasteiger partial charge in [0.2, 0.25) is 0 Å². The number of anilines is 3. The van der Waals surface area contributed by atoms with Gasteiger partial charge in [-0.3, -0.25) is 0 Å². The summed E-state index contributed by atoms with van der Waals surface area (Å²) in [6.45, 7) is 0. The Morgan fingerprint density at radius 3 is 2.82 bits per heavy atom. The Balaban J connectivity index is 2.36. The van der Waals surface area contributed by atoms with E-state index in [2.05, 4.69) is 32.3 Å². The molecule has 2 rings (SSSR count). The molecule has 0 fully saturated rings.